The van der Waals surface area contributed by atoms with E-state index in [2.05, 4.69) is 26.0 Å². The average molecular weight is 372 g/mol. The third-order valence-electron chi connectivity index (χ3n) is 3.51. The lowest BCUT2D eigenvalue weighted by Crippen LogP contribution is -2.16. The SMILES string of the molecule is O=c1c(-c2ccsc2)cnc2c(-c3cccc(Br)c3)c[nH]n12. The Hall–Kier alpha value is -2.18. The second kappa shape index (κ2) is 5.23. The van der Waals surface area contributed by atoms with Crippen LogP contribution in [-0.2, 0) is 0 Å². The smallest absolute Gasteiger partial charge is 0.280 e. The fraction of sp³-hybridized carbons (Fsp3) is 0. The number of halogens is 1. The highest BCUT2D eigenvalue weighted by atomic mass is 79.9. The van der Waals surface area contributed by atoms with E-state index >= 15 is 0 Å². The molecule has 22 heavy (non-hydrogen) atoms. The molecule has 0 unspecified atom stereocenters. The van der Waals surface area contributed by atoms with Gasteiger partial charge in [0.15, 0.2) is 5.65 Å². The van der Waals surface area contributed by atoms with Crippen LogP contribution in [0.2, 0.25) is 0 Å². The fourth-order valence-electron chi connectivity index (χ4n) is 2.44. The van der Waals surface area contributed by atoms with Gasteiger partial charge in [0, 0.05) is 22.4 Å². The molecule has 3 aromatic heterocycles. The Morgan fingerprint density at radius 1 is 1.18 bits per heavy atom. The zero-order chi connectivity index (χ0) is 15.1. The molecule has 1 aromatic carbocycles. The number of rotatable bonds is 2. The molecular weight excluding hydrogens is 362 g/mol. The number of aromatic amines is 1. The van der Waals surface area contributed by atoms with E-state index in [4.69, 9.17) is 0 Å². The first-order valence-corrected chi connectivity index (χ1v) is 8.35. The van der Waals surface area contributed by atoms with Crippen molar-refractivity contribution in [2.75, 3.05) is 0 Å². The molecule has 3 heterocycles. The molecule has 4 rings (SSSR count). The van der Waals surface area contributed by atoms with E-state index in [9.17, 15) is 4.79 Å². The third kappa shape index (κ3) is 2.12. The van der Waals surface area contributed by atoms with Gasteiger partial charge in [-0.2, -0.15) is 11.3 Å². The molecule has 0 fully saturated rings. The lowest BCUT2D eigenvalue weighted by atomic mass is 10.1. The van der Waals surface area contributed by atoms with Crippen molar-refractivity contribution in [2.45, 2.75) is 0 Å². The molecule has 108 valence electrons. The Kier molecular flexibility index (Phi) is 3.20. The van der Waals surface area contributed by atoms with Gasteiger partial charge in [0.2, 0.25) is 0 Å². The summed E-state index contributed by atoms with van der Waals surface area (Å²) >= 11 is 5.03. The largest absolute Gasteiger partial charge is 0.296 e. The van der Waals surface area contributed by atoms with Crippen molar-refractivity contribution in [2.24, 2.45) is 0 Å². The number of benzene rings is 1. The predicted molar refractivity (Wildman–Crippen MR) is 92.3 cm³/mol. The van der Waals surface area contributed by atoms with E-state index in [0.717, 1.165) is 21.2 Å². The van der Waals surface area contributed by atoms with Crippen molar-refractivity contribution in [1.29, 1.82) is 0 Å². The molecule has 0 saturated heterocycles. The Morgan fingerprint density at radius 3 is 2.86 bits per heavy atom. The van der Waals surface area contributed by atoms with Crippen molar-refractivity contribution >= 4 is 32.9 Å². The standard InChI is InChI=1S/C16H10BrN3OS/c17-12-3-1-2-10(6-12)13-8-19-20-15(13)18-7-14(16(20)21)11-4-5-22-9-11/h1-9,19H. The monoisotopic (exact) mass is 371 g/mol. The van der Waals surface area contributed by atoms with Gasteiger partial charge in [-0.25, -0.2) is 9.50 Å². The number of H-pyrrole nitrogens is 1. The summed E-state index contributed by atoms with van der Waals surface area (Å²) in [7, 11) is 0. The molecule has 4 nitrogen and oxygen atoms in total. The quantitative estimate of drug-likeness (QED) is 0.574. The van der Waals surface area contributed by atoms with Crippen LogP contribution in [0.15, 0.2) is 62.8 Å². The first-order chi connectivity index (χ1) is 10.7. The van der Waals surface area contributed by atoms with Crippen molar-refractivity contribution in [3.63, 3.8) is 0 Å². The molecule has 0 amide bonds. The minimum atomic E-state index is -0.0929. The summed E-state index contributed by atoms with van der Waals surface area (Å²) in [5, 5.41) is 6.90. The zero-order valence-electron chi connectivity index (χ0n) is 11.3. The zero-order valence-corrected chi connectivity index (χ0v) is 13.7. The molecule has 0 aliphatic rings. The van der Waals surface area contributed by atoms with Gasteiger partial charge >= 0.3 is 0 Å². The Labute approximate surface area is 138 Å². The molecule has 0 radical (unpaired) electrons. The van der Waals surface area contributed by atoms with Crippen LogP contribution in [-0.4, -0.2) is 14.6 Å². The molecule has 0 atom stereocenters. The van der Waals surface area contributed by atoms with Crippen LogP contribution in [0, 0.1) is 0 Å². The molecule has 0 aliphatic carbocycles. The van der Waals surface area contributed by atoms with Gasteiger partial charge in [0.05, 0.1) is 5.56 Å². The minimum absolute atomic E-state index is 0.0929. The molecule has 1 N–H and O–H groups in total. The van der Waals surface area contributed by atoms with Gasteiger partial charge in [-0.15, -0.1) is 0 Å². The fourth-order valence-corrected chi connectivity index (χ4v) is 3.50. The van der Waals surface area contributed by atoms with Gasteiger partial charge in [-0.1, -0.05) is 28.1 Å². The molecule has 0 saturated carbocycles. The average Bonchev–Trinajstić information content (AvgIpc) is 3.17. The first kappa shape index (κ1) is 13.5. The van der Waals surface area contributed by atoms with Crippen LogP contribution in [0.5, 0.6) is 0 Å². The number of hydrogen-bond acceptors (Lipinski definition) is 3. The Bertz CT molecular complexity index is 1020. The third-order valence-corrected chi connectivity index (χ3v) is 4.68. The summed E-state index contributed by atoms with van der Waals surface area (Å²) in [4.78, 5) is 17.1. The second-order valence-corrected chi connectivity index (χ2v) is 6.54. The van der Waals surface area contributed by atoms with Crippen LogP contribution in [0.4, 0.5) is 0 Å². The van der Waals surface area contributed by atoms with Crippen molar-refractivity contribution in [3.8, 4) is 22.3 Å². The topological polar surface area (TPSA) is 50.2 Å². The van der Waals surface area contributed by atoms with Gasteiger partial charge < -0.3 is 0 Å². The van der Waals surface area contributed by atoms with Crippen LogP contribution in [0.3, 0.4) is 0 Å². The first-order valence-electron chi connectivity index (χ1n) is 6.62. The number of aromatic nitrogens is 3. The van der Waals surface area contributed by atoms with E-state index in [1.54, 1.807) is 17.5 Å². The summed E-state index contributed by atoms with van der Waals surface area (Å²) < 4.78 is 2.48. The maximum atomic E-state index is 12.6. The number of fused-ring (bicyclic) bond motifs is 1. The molecule has 0 spiro atoms. The van der Waals surface area contributed by atoms with Gasteiger partial charge in [-0.3, -0.25) is 9.89 Å². The van der Waals surface area contributed by atoms with Crippen molar-refractivity contribution in [3.05, 3.63) is 68.3 Å². The highest BCUT2D eigenvalue weighted by Gasteiger charge is 2.13. The van der Waals surface area contributed by atoms with Gasteiger partial charge in [0.1, 0.15) is 0 Å². The summed E-state index contributed by atoms with van der Waals surface area (Å²) in [6.45, 7) is 0. The summed E-state index contributed by atoms with van der Waals surface area (Å²) in [6.07, 6.45) is 3.46. The molecule has 4 aromatic rings. The molecule has 6 heteroatoms. The lowest BCUT2D eigenvalue weighted by molar-refractivity contribution is 0.902. The molecular formula is C16H10BrN3OS. The Morgan fingerprint density at radius 2 is 2.09 bits per heavy atom. The number of thiophene rings is 1. The van der Waals surface area contributed by atoms with Crippen molar-refractivity contribution in [1.82, 2.24) is 14.6 Å². The number of hydrogen-bond donors (Lipinski definition) is 1. The van der Waals surface area contributed by atoms with Crippen LogP contribution >= 0.6 is 27.3 Å². The van der Waals surface area contributed by atoms with Gasteiger partial charge in [-0.05, 0) is 40.1 Å². The van der Waals surface area contributed by atoms with Crippen LogP contribution < -0.4 is 5.56 Å². The normalized spacial score (nSPS) is 11.1. The number of nitrogens with one attached hydrogen (secondary N) is 1. The van der Waals surface area contributed by atoms with E-state index in [1.165, 1.54) is 4.52 Å². The highest BCUT2D eigenvalue weighted by molar-refractivity contribution is 9.10. The second-order valence-electron chi connectivity index (χ2n) is 4.85. The highest BCUT2D eigenvalue weighted by Crippen LogP contribution is 2.26. The van der Waals surface area contributed by atoms with Gasteiger partial charge in [0.25, 0.3) is 5.56 Å². The maximum Gasteiger partial charge on any atom is 0.280 e. The summed E-state index contributed by atoms with van der Waals surface area (Å²) in [5.41, 5.74) is 3.93. The Balaban J connectivity index is 1.95. The maximum absolute atomic E-state index is 12.6. The predicted octanol–water partition coefficient (Wildman–Crippen LogP) is 4.18. The van der Waals surface area contributed by atoms with Crippen molar-refractivity contribution < 1.29 is 0 Å². The lowest BCUT2D eigenvalue weighted by Gasteiger charge is -2.01. The molecule has 0 aliphatic heterocycles. The van der Waals surface area contributed by atoms with E-state index < -0.39 is 0 Å². The van der Waals surface area contributed by atoms with E-state index in [-0.39, 0.29) is 5.56 Å². The summed E-state index contributed by atoms with van der Waals surface area (Å²) in [5.74, 6) is 0. The minimum Gasteiger partial charge on any atom is -0.296 e. The van der Waals surface area contributed by atoms with E-state index in [1.807, 2.05) is 47.3 Å². The summed E-state index contributed by atoms with van der Waals surface area (Å²) in [6, 6.07) is 9.84. The molecule has 0 bridgehead atoms. The van der Waals surface area contributed by atoms with Crippen LogP contribution in [0.25, 0.3) is 27.9 Å². The van der Waals surface area contributed by atoms with Crippen LogP contribution in [0.1, 0.15) is 0 Å². The van der Waals surface area contributed by atoms with E-state index in [0.29, 0.717) is 11.2 Å². The number of nitrogens with zero attached hydrogens (tertiary/aromatic N) is 2.